The Morgan fingerprint density at radius 2 is 1.56 bits per heavy atom. The van der Waals surface area contributed by atoms with Gasteiger partial charge in [0.05, 0.1) is 11.4 Å². The monoisotopic (exact) mass is 449 g/mol. The van der Waals surface area contributed by atoms with Gasteiger partial charge in [-0.15, -0.1) is 0 Å². The van der Waals surface area contributed by atoms with Crippen molar-refractivity contribution in [1.82, 2.24) is 15.1 Å². The molecular formula is C22H22F3N3O4. The minimum atomic E-state index is -4.48. The Balaban J connectivity index is 0.000000488. The van der Waals surface area contributed by atoms with Gasteiger partial charge in [-0.05, 0) is 32.0 Å². The van der Waals surface area contributed by atoms with Crippen LogP contribution >= 0.6 is 0 Å². The Morgan fingerprint density at radius 1 is 1.06 bits per heavy atom. The predicted molar refractivity (Wildman–Crippen MR) is 112 cm³/mol. The van der Waals surface area contributed by atoms with Gasteiger partial charge in [0.15, 0.2) is 5.69 Å². The van der Waals surface area contributed by atoms with Gasteiger partial charge in [-0.25, -0.2) is 4.68 Å². The van der Waals surface area contributed by atoms with Crippen LogP contribution in [0.15, 0.2) is 54.6 Å². The largest absolute Gasteiger partial charge is 0.480 e. The Morgan fingerprint density at radius 3 is 1.97 bits per heavy atom. The normalized spacial score (nSPS) is 10.2. The van der Waals surface area contributed by atoms with Crippen LogP contribution in [-0.2, 0) is 20.6 Å². The lowest BCUT2D eigenvalue weighted by molar-refractivity contribution is -0.141. The molecule has 0 fully saturated rings. The molecule has 0 aliphatic carbocycles. The van der Waals surface area contributed by atoms with Gasteiger partial charge in [0, 0.05) is 5.56 Å². The molecule has 0 aliphatic rings. The second-order valence-corrected chi connectivity index (χ2v) is 6.42. The molecule has 0 atom stereocenters. The van der Waals surface area contributed by atoms with Crippen molar-refractivity contribution in [3.63, 3.8) is 0 Å². The highest BCUT2D eigenvalue weighted by molar-refractivity contribution is 5.71. The van der Waals surface area contributed by atoms with Gasteiger partial charge in [-0.2, -0.15) is 18.3 Å². The lowest BCUT2D eigenvalue weighted by Gasteiger charge is -2.08. The number of carboxylic acid groups (broad SMARTS) is 1. The van der Waals surface area contributed by atoms with Crippen LogP contribution in [0.1, 0.15) is 16.8 Å². The molecule has 0 spiro atoms. The van der Waals surface area contributed by atoms with Crippen LogP contribution in [-0.4, -0.2) is 40.6 Å². The fourth-order valence-corrected chi connectivity index (χ4v) is 2.46. The van der Waals surface area contributed by atoms with Crippen LogP contribution in [0.3, 0.4) is 0 Å². The molecule has 0 bridgehead atoms. The average molecular weight is 449 g/mol. The molecule has 0 aliphatic heterocycles. The van der Waals surface area contributed by atoms with Gasteiger partial charge in [0.1, 0.15) is 13.3 Å². The molecule has 7 nitrogen and oxygen atoms in total. The SMILES string of the molecule is C=O.Cc1ccc(-c2cc(C(F)(F)F)nn2-c2ccc(C)cc2)cc1.O=CNCC(=O)O. The predicted octanol–water partition coefficient (Wildman–Crippen LogP) is 3.81. The Bertz CT molecular complexity index is 951. The molecule has 3 aromatic rings. The van der Waals surface area contributed by atoms with Crippen molar-refractivity contribution in [1.29, 1.82) is 0 Å². The molecule has 0 saturated heterocycles. The summed E-state index contributed by atoms with van der Waals surface area (Å²) in [5.74, 6) is -1.04. The van der Waals surface area contributed by atoms with E-state index >= 15 is 0 Å². The minimum absolute atomic E-state index is 0.302. The van der Waals surface area contributed by atoms with Crippen molar-refractivity contribution in [2.75, 3.05) is 6.54 Å². The summed E-state index contributed by atoms with van der Waals surface area (Å²) in [6, 6.07) is 15.7. The third-order valence-corrected chi connectivity index (χ3v) is 3.96. The summed E-state index contributed by atoms with van der Waals surface area (Å²) < 4.78 is 40.5. The second-order valence-electron chi connectivity index (χ2n) is 6.42. The molecule has 1 heterocycles. The highest BCUT2D eigenvalue weighted by atomic mass is 19.4. The van der Waals surface area contributed by atoms with Gasteiger partial charge in [-0.1, -0.05) is 47.5 Å². The number of hydrogen-bond acceptors (Lipinski definition) is 4. The first-order valence-electron chi connectivity index (χ1n) is 9.11. The maximum absolute atomic E-state index is 13.1. The van der Waals surface area contributed by atoms with Crippen molar-refractivity contribution in [2.24, 2.45) is 0 Å². The first-order valence-corrected chi connectivity index (χ1v) is 9.11. The molecule has 32 heavy (non-hydrogen) atoms. The van der Waals surface area contributed by atoms with Gasteiger partial charge < -0.3 is 15.2 Å². The number of halogens is 3. The van der Waals surface area contributed by atoms with E-state index in [1.54, 1.807) is 24.3 Å². The number of aryl methyl sites for hydroxylation is 2. The van der Waals surface area contributed by atoms with E-state index in [1.807, 2.05) is 50.2 Å². The van der Waals surface area contributed by atoms with Crippen molar-refractivity contribution in [3.05, 3.63) is 71.4 Å². The first kappa shape index (κ1) is 26.1. The lowest BCUT2D eigenvalue weighted by atomic mass is 10.1. The number of benzene rings is 2. The van der Waals surface area contributed by atoms with Gasteiger partial charge in [0.25, 0.3) is 0 Å². The second kappa shape index (κ2) is 12.0. The zero-order valence-corrected chi connectivity index (χ0v) is 17.4. The number of carboxylic acids is 1. The Hall–Kier alpha value is -3.95. The zero-order chi connectivity index (χ0) is 24.3. The van der Waals surface area contributed by atoms with Gasteiger partial charge in [-0.3, -0.25) is 9.59 Å². The summed E-state index contributed by atoms with van der Waals surface area (Å²) in [7, 11) is 0. The molecule has 1 amide bonds. The molecular weight excluding hydrogens is 427 g/mol. The molecule has 2 N–H and O–H groups in total. The summed E-state index contributed by atoms with van der Waals surface area (Å²) in [6.07, 6.45) is -4.14. The molecule has 2 aromatic carbocycles. The maximum atomic E-state index is 13.1. The van der Waals surface area contributed by atoms with Crippen LogP contribution in [0.2, 0.25) is 0 Å². The molecule has 0 saturated carbocycles. The average Bonchev–Trinajstić information content (AvgIpc) is 3.21. The summed E-state index contributed by atoms with van der Waals surface area (Å²) in [5.41, 5.74) is 2.90. The molecule has 0 radical (unpaired) electrons. The number of hydrogen-bond donors (Lipinski definition) is 2. The van der Waals surface area contributed by atoms with E-state index in [2.05, 4.69) is 5.10 Å². The van der Waals surface area contributed by atoms with E-state index in [0.29, 0.717) is 23.4 Å². The number of nitrogens with one attached hydrogen (secondary N) is 1. The number of alkyl halides is 3. The van der Waals surface area contributed by atoms with Crippen molar-refractivity contribution < 1.29 is 32.7 Å². The van der Waals surface area contributed by atoms with Crippen LogP contribution < -0.4 is 5.32 Å². The van der Waals surface area contributed by atoms with E-state index in [-0.39, 0.29) is 6.54 Å². The minimum Gasteiger partial charge on any atom is -0.480 e. The highest BCUT2D eigenvalue weighted by Crippen LogP contribution is 2.33. The maximum Gasteiger partial charge on any atom is 0.435 e. The number of nitrogens with zero attached hydrogens (tertiary/aromatic N) is 2. The van der Waals surface area contributed by atoms with Crippen molar-refractivity contribution >= 4 is 19.2 Å². The van der Waals surface area contributed by atoms with Crippen LogP contribution in [0.4, 0.5) is 13.2 Å². The molecule has 10 heteroatoms. The van der Waals surface area contributed by atoms with E-state index in [9.17, 15) is 22.8 Å². The summed E-state index contributed by atoms with van der Waals surface area (Å²) in [6.45, 7) is 5.56. The Labute approximate surface area is 182 Å². The number of aliphatic carboxylic acids is 1. The van der Waals surface area contributed by atoms with Crippen LogP contribution in [0.25, 0.3) is 16.9 Å². The Kier molecular flexibility index (Phi) is 9.81. The number of rotatable bonds is 5. The number of aromatic nitrogens is 2. The lowest BCUT2D eigenvalue weighted by Crippen LogP contribution is -2.20. The van der Waals surface area contributed by atoms with Gasteiger partial charge in [0.2, 0.25) is 6.41 Å². The topological polar surface area (TPSA) is 101 Å². The van der Waals surface area contributed by atoms with E-state index in [1.165, 1.54) is 4.68 Å². The third-order valence-electron chi connectivity index (χ3n) is 3.96. The van der Waals surface area contributed by atoms with Crippen LogP contribution in [0.5, 0.6) is 0 Å². The number of carbonyl (C=O) groups is 3. The first-order chi connectivity index (χ1) is 15.1. The van der Waals surface area contributed by atoms with E-state index in [4.69, 9.17) is 9.90 Å². The fourth-order valence-electron chi connectivity index (χ4n) is 2.46. The highest BCUT2D eigenvalue weighted by Gasteiger charge is 2.35. The van der Waals surface area contributed by atoms with Crippen LogP contribution in [0, 0.1) is 13.8 Å². The van der Waals surface area contributed by atoms with E-state index in [0.717, 1.165) is 17.2 Å². The molecule has 3 rings (SSSR count). The number of carbonyl (C=O) groups excluding carboxylic acids is 2. The summed E-state index contributed by atoms with van der Waals surface area (Å²) in [4.78, 5) is 26.9. The summed E-state index contributed by atoms with van der Waals surface area (Å²) >= 11 is 0. The molecule has 170 valence electrons. The zero-order valence-electron chi connectivity index (χ0n) is 17.4. The third kappa shape index (κ3) is 7.71. The number of amides is 1. The fraction of sp³-hybridized carbons (Fsp3) is 0.182. The van der Waals surface area contributed by atoms with E-state index < -0.39 is 17.8 Å². The molecule has 0 unspecified atom stereocenters. The smallest absolute Gasteiger partial charge is 0.435 e. The van der Waals surface area contributed by atoms with Crippen molar-refractivity contribution in [3.8, 4) is 16.9 Å². The van der Waals surface area contributed by atoms with Crippen molar-refractivity contribution in [2.45, 2.75) is 20.0 Å². The summed E-state index contributed by atoms with van der Waals surface area (Å²) in [5, 5.41) is 13.6. The molecule has 1 aromatic heterocycles. The quantitative estimate of drug-likeness (QED) is 0.577. The van der Waals surface area contributed by atoms with Gasteiger partial charge >= 0.3 is 12.1 Å². The standard InChI is InChI=1S/C18H15F3N2.C3H5NO3.CH2O/c1-12-3-7-14(8-4-12)16-11-17(18(19,20)21)22-23(16)15-9-5-13(2)6-10-15;5-2-4-1-3(6)7;1-2/h3-11H,1-2H3;2H,1H2,(H,4,5)(H,6,7);1H2.